The van der Waals surface area contributed by atoms with Gasteiger partial charge in [-0.25, -0.2) is 0 Å². The van der Waals surface area contributed by atoms with Crippen LogP contribution < -0.4 is 5.32 Å². The summed E-state index contributed by atoms with van der Waals surface area (Å²) in [6, 6.07) is 1.78. The van der Waals surface area contributed by atoms with E-state index in [-0.39, 0.29) is 11.9 Å². The number of nitrogens with zero attached hydrogens (tertiary/aromatic N) is 1. The van der Waals surface area contributed by atoms with Crippen molar-refractivity contribution < 1.29 is 4.79 Å². The SMILES string of the molecule is CCCCCC[C@@H](C#N)NC(C)=O. The Kier molecular flexibility index (Phi) is 6.99. The van der Waals surface area contributed by atoms with Gasteiger partial charge in [-0.3, -0.25) is 4.79 Å². The summed E-state index contributed by atoms with van der Waals surface area (Å²) in [6.45, 7) is 3.59. The predicted molar refractivity (Wildman–Crippen MR) is 52.0 cm³/mol. The first-order valence-electron chi connectivity index (χ1n) is 4.87. The van der Waals surface area contributed by atoms with Gasteiger partial charge in [0.25, 0.3) is 0 Å². The van der Waals surface area contributed by atoms with Crippen LogP contribution in [0.4, 0.5) is 0 Å². The summed E-state index contributed by atoms with van der Waals surface area (Å²) in [6.07, 6.45) is 5.34. The fourth-order valence-electron chi connectivity index (χ4n) is 1.19. The molecule has 0 aliphatic carbocycles. The first-order chi connectivity index (χ1) is 6.20. The van der Waals surface area contributed by atoms with Crippen molar-refractivity contribution in [3.63, 3.8) is 0 Å². The normalized spacial score (nSPS) is 11.8. The van der Waals surface area contributed by atoms with Crippen LogP contribution in [0, 0.1) is 11.3 Å². The number of hydrogen-bond donors (Lipinski definition) is 1. The van der Waals surface area contributed by atoms with Crippen LogP contribution in [0.3, 0.4) is 0 Å². The number of hydrogen-bond acceptors (Lipinski definition) is 2. The highest BCUT2D eigenvalue weighted by molar-refractivity contribution is 5.73. The van der Waals surface area contributed by atoms with Gasteiger partial charge < -0.3 is 5.32 Å². The smallest absolute Gasteiger partial charge is 0.217 e. The van der Waals surface area contributed by atoms with Gasteiger partial charge in [0, 0.05) is 6.92 Å². The molecule has 0 bridgehead atoms. The topological polar surface area (TPSA) is 52.9 Å². The average molecular weight is 182 g/mol. The third-order valence-corrected chi connectivity index (χ3v) is 1.88. The van der Waals surface area contributed by atoms with E-state index in [9.17, 15) is 4.79 Å². The molecule has 0 aromatic rings. The second-order valence-corrected chi connectivity index (χ2v) is 3.23. The van der Waals surface area contributed by atoms with Gasteiger partial charge in [0.15, 0.2) is 0 Å². The summed E-state index contributed by atoms with van der Waals surface area (Å²) >= 11 is 0. The Morgan fingerprint density at radius 2 is 2.15 bits per heavy atom. The standard InChI is InChI=1S/C10H18N2O/c1-3-4-5-6-7-10(8-11)12-9(2)13/h10H,3-7H2,1-2H3,(H,12,13)/t10-/m0/s1. The Morgan fingerprint density at radius 1 is 1.46 bits per heavy atom. The van der Waals surface area contributed by atoms with E-state index in [4.69, 9.17) is 5.26 Å². The zero-order valence-electron chi connectivity index (χ0n) is 8.47. The number of nitriles is 1. The van der Waals surface area contributed by atoms with E-state index in [0.29, 0.717) is 0 Å². The first-order valence-corrected chi connectivity index (χ1v) is 4.87. The van der Waals surface area contributed by atoms with Crippen LogP contribution in [0.5, 0.6) is 0 Å². The van der Waals surface area contributed by atoms with E-state index in [1.807, 2.05) is 0 Å². The molecule has 1 amide bonds. The summed E-state index contributed by atoms with van der Waals surface area (Å²) in [5, 5.41) is 11.3. The van der Waals surface area contributed by atoms with E-state index in [1.165, 1.54) is 19.8 Å². The quantitative estimate of drug-likeness (QED) is 0.638. The Morgan fingerprint density at radius 3 is 2.62 bits per heavy atom. The monoisotopic (exact) mass is 182 g/mol. The van der Waals surface area contributed by atoms with Gasteiger partial charge in [0.2, 0.25) is 5.91 Å². The lowest BCUT2D eigenvalue weighted by Gasteiger charge is -2.08. The molecule has 0 saturated heterocycles. The minimum Gasteiger partial charge on any atom is -0.341 e. The summed E-state index contributed by atoms with van der Waals surface area (Å²) < 4.78 is 0. The largest absolute Gasteiger partial charge is 0.341 e. The molecule has 74 valence electrons. The van der Waals surface area contributed by atoms with Crippen molar-refractivity contribution in [2.45, 2.75) is 52.0 Å². The third kappa shape index (κ3) is 7.32. The van der Waals surface area contributed by atoms with Gasteiger partial charge in [0.05, 0.1) is 6.07 Å². The van der Waals surface area contributed by atoms with Crippen molar-refractivity contribution in [3.8, 4) is 6.07 Å². The van der Waals surface area contributed by atoms with Crippen molar-refractivity contribution in [2.24, 2.45) is 0 Å². The second kappa shape index (κ2) is 7.60. The van der Waals surface area contributed by atoms with Gasteiger partial charge in [-0.15, -0.1) is 0 Å². The van der Waals surface area contributed by atoms with Crippen molar-refractivity contribution in [1.29, 1.82) is 5.26 Å². The van der Waals surface area contributed by atoms with Crippen LogP contribution in [-0.2, 0) is 4.79 Å². The molecule has 0 aromatic carbocycles. The van der Waals surface area contributed by atoms with Crippen LogP contribution in [0.2, 0.25) is 0 Å². The zero-order chi connectivity index (χ0) is 10.1. The lowest BCUT2D eigenvalue weighted by Crippen LogP contribution is -2.31. The molecule has 0 aromatic heterocycles. The highest BCUT2D eigenvalue weighted by atomic mass is 16.1. The molecule has 3 nitrogen and oxygen atoms in total. The van der Waals surface area contributed by atoms with E-state index in [2.05, 4.69) is 18.3 Å². The third-order valence-electron chi connectivity index (χ3n) is 1.88. The lowest BCUT2D eigenvalue weighted by molar-refractivity contribution is -0.119. The maximum absolute atomic E-state index is 10.6. The van der Waals surface area contributed by atoms with E-state index in [0.717, 1.165) is 19.3 Å². The van der Waals surface area contributed by atoms with Crippen LogP contribution in [0.1, 0.15) is 46.0 Å². The summed E-state index contributed by atoms with van der Waals surface area (Å²) in [5.41, 5.74) is 0. The van der Waals surface area contributed by atoms with E-state index >= 15 is 0 Å². The predicted octanol–water partition coefficient (Wildman–Crippen LogP) is 1.99. The maximum Gasteiger partial charge on any atom is 0.217 e. The number of nitrogens with one attached hydrogen (secondary N) is 1. The summed E-state index contributed by atoms with van der Waals surface area (Å²) in [4.78, 5) is 10.6. The van der Waals surface area contributed by atoms with Gasteiger partial charge >= 0.3 is 0 Å². The number of rotatable bonds is 6. The summed E-state index contributed by atoms with van der Waals surface area (Å²) in [5.74, 6) is -0.123. The molecular weight excluding hydrogens is 164 g/mol. The molecule has 1 atom stereocenters. The first kappa shape index (κ1) is 12.0. The van der Waals surface area contributed by atoms with Crippen molar-refractivity contribution in [2.75, 3.05) is 0 Å². The average Bonchev–Trinajstić information content (AvgIpc) is 2.09. The fourth-order valence-corrected chi connectivity index (χ4v) is 1.19. The van der Waals surface area contributed by atoms with E-state index in [1.54, 1.807) is 0 Å². The van der Waals surface area contributed by atoms with Crippen molar-refractivity contribution in [1.82, 2.24) is 5.32 Å². The van der Waals surface area contributed by atoms with Crippen molar-refractivity contribution >= 4 is 5.91 Å². The molecule has 0 heterocycles. The van der Waals surface area contributed by atoms with Crippen molar-refractivity contribution in [3.05, 3.63) is 0 Å². The second-order valence-electron chi connectivity index (χ2n) is 3.23. The number of carbonyl (C=O) groups is 1. The van der Waals surface area contributed by atoms with E-state index < -0.39 is 0 Å². The van der Waals surface area contributed by atoms with Gasteiger partial charge in [-0.1, -0.05) is 32.6 Å². The molecule has 0 rings (SSSR count). The minimum atomic E-state index is -0.297. The highest BCUT2D eigenvalue weighted by Gasteiger charge is 2.06. The van der Waals surface area contributed by atoms with Gasteiger partial charge in [-0.05, 0) is 6.42 Å². The molecule has 0 saturated carbocycles. The van der Waals surface area contributed by atoms with Crippen LogP contribution in [0.25, 0.3) is 0 Å². The molecule has 0 spiro atoms. The molecule has 3 heteroatoms. The Bertz CT molecular complexity index is 184. The summed E-state index contributed by atoms with van der Waals surface area (Å²) in [7, 11) is 0. The zero-order valence-corrected chi connectivity index (χ0v) is 8.47. The van der Waals surface area contributed by atoms with Crippen LogP contribution >= 0.6 is 0 Å². The fraction of sp³-hybridized carbons (Fsp3) is 0.800. The highest BCUT2D eigenvalue weighted by Crippen LogP contribution is 2.04. The number of amides is 1. The number of unbranched alkanes of at least 4 members (excludes halogenated alkanes) is 3. The Hall–Kier alpha value is -1.04. The van der Waals surface area contributed by atoms with Gasteiger partial charge in [-0.2, -0.15) is 5.26 Å². The Balaban J connectivity index is 3.50. The van der Waals surface area contributed by atoms with Crippen LogP contribution in [-0.4, -0.2) is 11.9 Å². The molecule has 0 aliphatic heterocycles. The van der Waals surface area contributed by atoms with Gasteiger partial charge in [0.1, 0.15) is 6.04 Å². The number of carbonyl (C=O) groups excluding carboxylic acids is 1. The minimum absolute atomic E-state index is 0.123. The molecule has 0 radical (unpaired) electrons. The van der Waals surface area contributed by atoms with Crippen LogP contribution in [0.15, 0.2) is 0 Å². The molecule has 13 heavy (non-hydrogen) atoms. The maximum atomic E-state index is 10.6. The Labute approximate surface area is 80.1 Å². The molecule has 0 aliphatic rings. The molecule has 0 fully saturated rings. The molecule has 1 N–H and O–H groups in total. The lowest BCUT2D eigenvalue weighted by atomic mass is 10.1. The molecular formula is C10H18N2O. The molecule has 0 unspecified atom stereocenters.